The van der Waals surface area contributed by atoms with Crippen molar-refractivity contribution in [2.75, 3.05) is 13.7 Å². The molecule has 39 heavy (non-hydrogen) atoms. The Morgan fingerprint density at radius 1 is 1.13 bits per heavy atom. The zero-order chi connectivity index (χ0) is 29.2. The monoisotopic (exact) mass is 543 g/mol. The lowest BCUT2D eigenvalue weighted by Crippen LogP contribution is -2.58. The standard InChI is InChI=1S/C27H37N5O7/c1-14(2)20(28)25(35)31(26(36)38-7)24(34)19-9-8-12-30(19)21(15(3)4)22(33)23-29-32(27(37)39-23)18-11-10-16(5)13-17(18)6/h10-11,13-15,19-21H,8-9,12,28H2,1-7H3/t19-,20-,21-/m0/s1. The highest BCUT2D eigenvalue weighted by Crippen LogP contribution is 2.28. The molecule has 2 heterocycles. The summed E-state index contributed by atoms with van der Waals surface area (Å²) in [4.78, 5) is 67.6. The zero-order valence-corrected chi connectivity index (χ0v) is 23.5. The van der Waals surface area contributed by atoms with E-state index in [9.17, 15) is 24.0 Å². The Morgan fingerprint density at radius 3 is 2.36 bits per heavy atom. The van der Waals surface area contributed by atoms with Crippen LogP contribution < -0.4 is 11.5 Å². The summed E-state index contributed by atoms with van der Waals surface area (Å²) >= 11 is 0. The molecular formula is C27H37N5O7. The first-order chi connectivity index (χ1) is 18.3. The van der Waals surface area contributed by atoms with Gasteiger partial charge in [-0.25, -0.2) is 9.59 Å². The van der Waals surface area contributed by atoms with Crippen molar-refractivity contribution >= 4 is 23.7 Å². The summed E-state index contributed by atoms with van der Waals surface area (Å²) in [6, 6.07) is 2.43. The maximum Gasteiger partial charge on any atom is 0.442 e. The van der Waals surface area contributed by atoms with Crippen molar-refractivity contribution < 1.29 is 28.3 Å². The number of ketones is 1. The minimum Gasteiger partial charge on any atom is -0.452 e. The number of aryl methyl sites for hydroxylation is 2. The number of likely N-dealkylation sites (tertiary alicyclic amines) is 1. The lowest BCUT2D eigenvalue weighted by molar-refractivity contribution is -0.146. The quantitative estimate of drug-likeness (QED) is 0.489. The lowest BCUT2D eigenvalue weighted by Gasteiger charge is -2.35. The lowest BCUT2D eigenvalue weighted by atomic mass is 9.96. The Hall–Kier alpha value is -3.64. The molecule has 0 unspecified atom stereocenters. The average Bonchev–Trinajstić information content (AvgIpc) is 3.50. The number of amides is 3. The molecule has 3 atom stereocenters. The van der Waals surface area contributed by atoms with Crippen LogP contribution in [0.1, 0.15) is 62.3 Å². The minimum atomic E-state index is -1.14. The fraction of sp³-hybridized carbons (Fsp3) is 0.556. The maximum atomic E-state index is 13.7. The summed E-state index contributed by atoms with van der Waals surface area (Å²) in [5, 5.41) is 4.18. The number of methoxy groups -OCH3 is 1. The fourth-order valence-electron chi connectivity index (χ4n) is 4.89. The minimum absolute atomic E-state index is 0.300. The molecule has 1 fully saturated rings. The van der Waals surface area contributed by atoms with Crippen LogP contribution in [0.2, 0.25) is 0 Å². The second kappa shape index (κ2) is 12.0. The Morgan fingerprint density at radius 2 is 1.79 bits per heavy atom. The molecule has 12 heteroatoms. The molecule has 1 aromatic heterocycles. The number of hydrogen-bond acceptors (Lipinski definition) is 10. The predicted molar refractivity (Wildman–Crippen MR) is 141 cm³/mol. The van der Waals surface area contributed by atoms with E-state index in [2.05, 4.69) is 5.10 Å². The molecule has 2 aromatic rings. The van der Waals surface area contributed by atoms with E-state index in [0.29, 0.717) is 30.0 Å². The van der Waals surface area contributed by atoms with Gasteiger partial charge in [0.05, 0.1) is 30.9 Å². The van der Waals surface area contributed by atoms with Gasteiger partial charge in [-0.15, -0.1) is 5.10 Å². The zero-order valence-electron chi connectivity index (χ0n) is 23.5. The number of ether oxygens (including phenoxy) is 1. The first-order valence-corrected chi connectivity index (χ1v) is 13.0. The third-order valence-electron chi connectivity index (χ3n) is 6.98. The van der Waals surface area contributed by atoms with Gasteiger partial charge >= 0.3 is 11.8 Å². The summed E-state index contributed by atoms with van der Waals surface area (Å²) in [5.41, 5.74) is 8.23. The van der Waals surface area contributed by atoms with E-state index >= 15 is 0 Å². The average molecular weight is 544 g/mol. The summed E-state index contributed by atoms with van der Waals surface area (Å²) in [6.45, 7) is 11.1. The van der Waals surface area contributed by atoms with Crippen molar-refractivity contribution in [1.82, 2.24) is 19.6 Å². The van der Waals surface area contributed by atoms with Crippen LogP contribution in [0.4, 0.5) is 4.79 Å². The molecular weight excluding hydrogens is 506 g/mol. The fourth-order valence-corrected chi connectivity index (χ4v) is 4.89. The number of Topliss-reactive ketones (excluding diaryl/α,β-unsaturated/α-hetero) is 1. The number of carbonyl (C=O) groups excluding carboxylic acids is 4. The van der Waals surface area contributed by atoms with Crippen LogP contribution >= 0.6 is 0 Å². The number of nitrogens with two attached hydrogens (primary N) is 1. The second-order valence-electron chi connectivity index (χ2n) is 10.6. The second-order valence-corrected chi connectivity index (χ2v) is 10.6. The van der Waals surface area contributed by atoms with Crippen LogP contribution in [-0.4, -0.2) is 75.1 Å². The van der Waals surface area contributed by atoms with E-state index in [1.807, 2.05) is 26.0 Å². The van der Waals surface area contributed by atoms with E-state index in [1.54, 1.807) is 38.7 Å². The van der Waals surface area contributed by atoms with Crippen molar-refractivity contribution in [1.29, 1.82) is 0 Å². The van der Waals surface area contributed by atoms with Crippen molar-refractivity contribution in [3.8, 4) is 5.69 Å². The molecule has 12 nitrogen and oxygen atoms in total. The van der Waals surface area contributed by atoms with E-state index in [0.717, 1.165) is 22.9 Å². The normalized spacial score (nSPS) is 17.3. The molecule has 1 saturated heterocycles. The number of nitrogens with zero attached hydrogens (tertiary/aromatic N) is 4. The third-order valence-corrected chi connectivity index (χ3v) is 6.98. The Kier molecular flexibility index (Phi) is 9.23. The summed E-state index contributed by atoms with van der Waals surface area (Å²) < 4.78 is 11.0. The molecule has 1 aromatic carbocycles. The van der Waals surface area contributed by atoms with Gasteiger partial charge in [0.2, 0.25) is 5.78 Å². The summed E-state index contributed by atoms with van der Waals surface area (Å²) in [7, 11) is 1.07. The molecule has 3 rings (SSSR count). The summed E-state index contributed by atoms with van der Waals surface area (Å²) in [5.74, 6) is -4.15. The van der Waals surface area contributed by atoms with E-state index in [-0.39, 0.29) is 17.7 Å². The number of benzene rings is 1. The van der Waals surface area contributed by atoms with E-state index in [1.165, 1.54) is 0 Å². The van der Waals surface area contributed by atoms with Gasteiger partial charge in [0.25, 0.3) is 17.7 Å². The van der Waals surface area contributed by atoms with Gasteiger partial charge in [0, 0.05) is 0 Å². The smallest absolute Gasteiger partial charge is 0.442 e. The topological polar surface area (TPSA) is 158 Å². The molecule has 0 spiro atoms. The first kappa shape index (κ1) is 29.9. The van der Waals surface area contributed by atoms with Crippen LogP contribution in [0.5, 0.6) is 0 Å². The number of carbonyl (C=O) groups is 4. The Bertz CT molecular complexity index is 1310. The number of rotatable bonds is 8. The molecule has 0 aliphatic carbocycles. The molecule has 1 aliphatic rings. The highest BCUT2D eigenvalue weighted by atomic mass is 16.5. The van der Waals surface area contributed by atoms with E-state index in [4.69, 9.17) is 14.9 Å². The number of hydrogen-bond donors (Lipinski definition) is 1. The molecule has 0 bridgehead atoms. The highest BCUT2D eigenvalue weighted by Gasteiger charge is 2.46. The first-order valence-electron chi connectivity index (χ1n) is 13.0. The van der Waals surface area contributed by atoms with Gasteiger partial charge < -0.3 is 14.9 Å². The van der Waals surface area contributed by atoms with Gasteiger partial charge in [-0.05, 0) is 56.7 Å². The molecule has 0 saturated carbocycles. The van der Waals surface area contributed by atoms with Crippen LogP contribution in [0.3, 0.4) is 0 Å². The maximum absolute atomic E-state index is 13.7. The largest absolute Gasteiger partial charge is 0.452 e. The van der Waals surface area contributed by atoms with Crippen molar-refractivity contribution in [3.05, 3.63) is 45.8 Å². The Balaban J connectivity index is 1.96. The molecule has 3 amide bonds. The van der Waals surface area contributed by atoms with E-state index < -0.39 is 47.6 Å². The van der Waals surface area contributed by atoms with Crippen LogP contribution in [0.15, 0.2) is 27.4 Å². The molecule has 1 aliphatic heterocycles. The van der Waals surface area contributed by atoms with Gasteiger partial charge in [-0.1, -0.05) is 45.4 Å². The number of aromatic nitrogens is 2. The third kappa shape index (κ3) is 6.01. The van der Waals surface area contributed by atoms with Gasteiger partial charge in [-0.2, -0.15) is 9.58 Å². The highest BCUT2D eigenvalue weighted by molar-refractivity contribution is 6.12. The summed E-state index contributed by atoms with van der Waals surface area (Å²) in [6.07, 6.45) is -0.306. The van der Waals surface area contributed by atoms with Crippen LogP contribution in [0.25, 0.3) is 5.69 Å². The molecule has 0 radical (unpaired) electrons. The molecule has 212 valence electrons. The predicted octanol–water partition coefficient (Wildman–Crippen LogP) is 2.22. The van der Waals surface area contributed by atoms with Gasteiger partial charge in [-0.3, -0.25) is 19.3 Å². The molecule has 2 N–H and O–H groups in total. The van der Waals surface area contributed by atoms with Crippen LogP contribution in [0, 0.1) is 25.7 Å². The number of imide groups is 3. The van der Waals surface area contributed by atoms with Crippen molar-refractivity contribution in [3.63, 3.8) is 0 Å². The van der Waals surface area contributed by atoms with Crippen molar-refractivity contribution in [2.45, 2.75) is 72.5 Å². The Labute approximate surface area is 227 Å². The van der Waals surface area contributed by atoms with Crippen LogP contribution in [-0.2, 0) is 14.3 Å². The van der Waals surface area contributed by atoms with Crippen molar-refractivity contribution in [2.24, 2.45) is 17.6 Å². The van der Waals surface area contributed by atoms with Gasteiger partial charge in [0.1, 0.15) is 0 Å². The SMILES string of the molecule is COC(=O)N(C(=O)[C@@H](N)C(C)C)C(=O)[C@@H]1CCCN1[C@H](C(=O)c1nn(-c2ccc(C)cc2C)c(=O)o1)C(C)C. The van der Waals surface area contributed by atoms with Gasteiger partial charge in [0.15, 0.2) is 0 Å².